The van der Waals surface area contributed by atoms with Crippen molar-refractivity contribution in [3.63, 3.8) is 0 Å². The van der Waals surface area contributed by atoms with Gasteiger partial charge >= 0.3 is 0 Å². The molecule has 0 radical (unpaired) electrons. The van der Waals surface area contributed by atoms with Gasteiger partial charge in [0, 0.05) is 19.4 Å². The number of rotatable bonds is 2. The van der Waals surface area contributed by atoms with E-state index in [1.165, 1.54) is 0 Å². The number of aromatic nitrogens is 1. The van der Waals surface area contributed by atoms with E-state index < -0.39 is 0 Å². The van der Waals surface area contributed by atoms with Gasteiger partial charge in [0.05, 0.1) is 0 Å². The van der Waals surface area contributed by atoms with Crippen LogP contribution in [0.2, 0.25) is 0 Å². The Kier molecular flexibility index (Phi) is 2.04. The van der Waals surface area contributed by atoms with E-state index in [1.807, 2.05) is 60.4 Å². The van der Waals surface area contributed by atoms with E-state index in [0.717, 1.165) is 11.5 Å². The lowest BCUT2D eigenvalue weighted by Gasteiger charge is -2.01. The Hall–Kier alpha value is -1.70. The van der Waals surface area contributed by atoms with Crippen LogP contribution in [-0.4, -0.2) is 4.57 Å². The van der Waals surface area contributed by atoms with Crippen LogP contribution in [0.3, 0.4) is 0 Å². The van der Waals surface area contributed by atoms with Gasteiger partial charge in [-0.2, -0.15) is 0 Å². The summed E-state index contributed by atoms with van der Waals surface area (Å²) in [7, 11) is 1.97. The molecule has 0 N–H and O–H groups in total. The summed E-state index contributed by atoms with van der Waals surface area (Å²) in [6.07, 6.45) is 3.89. The summed E-state index contributed by atoms with van der Waals surface area (Å²) in [5.74, 6) is 1.74. The second-order valence-electron chi connectivity index (χ2n) is 2.93. The lowest BCUT2D eigenvalue weighted by molar-refractivity contribution is 0.482. The van der Waals surface area contributed by atoms with Crippen LogP contribution in [0, 0.1) is 0 Å². The molecule has 2 rings (SSSR count). The first-order valence-corrected chi connectivity index (χ1v) is 4.19. The summed E-state index contributed by atoms with van der Waals surface area (Å²) in [4.78, 5) is 0. The first-order chi connectivity index (χ1) is 6.34. The fourth-order valence-corrected chi connectivity index (χ4v) is 1.16. The molecule has 66 valence electrons. The fraction of sp³-hybridized carbons (Fsp3) is 0.0909. The molecule has 1 heterocycles. The fourth-order valence-electron chi connectivity index (χ4n) is 1.16. The number of aryl methyl sites for hydroxylation is 1. The summed E-state index contributed by atoms with van der Waals surface area (Å²) >= 11 is 0. The van der Waals surface area contributed by atoms with Crippen LogP contribution in [0.4, 0.5) is 0 Å². The predicted molar refractivity (Wildman–Crippen MR) is 51.9 cm³/mol. The molecule has 0 bridgehead atoms. The van der Waals surface area contributed by atoms with Crippen LogP contribution in [0.25, 0.3) is 0 Å². The minimum Gasteiger partial charge on any atom is -0.456 e. The van der Waals surface area contributed by atoms with Crippen molar-refractivity contribution in [2.75, 3.05) is 0 Å². The molecule has 0 aliphatic heterocycles. The number of benzene rings is 1. The van der Waals surface area contributed by atoms with Gasteiger partial charge in [0.2, 0.25) is 0 Å². The van der Waals surface area contributed by atoms with Crippen molar-refractivity contribution in [2.24, 2.45) is 7.05 Å². The number of hydrogen-bond donors (Lipinski definition) is 0. The van der Waals surface area contributed by atoms with Gasteiger partial charge in [0.25, 0.3) is 0 Å². The molecule has 0 atom stereocenters. The second-order valence-corrected chi connectivity index (χ2v) is 2.93. The monoisotopic (exact) mass is 173 g/mol. The van der Waals surface area contributed by atoms with E-state index in [2.05, 4.69) is 0 Å². The van der Waals surface area contributed by atoms with E-state index in [4.69, 9.17) is 4.74 Å². The minimum absolute atomic E-state index is 0.869. The van der Waals surface area contributed by atoms with Gasteiger partial charge < -0.3 is 9.30 Å². The maximum Gasteiger partial charge on any atom is 0.145 e. The quantitative estimate of drug-likeness (QED) is 0.681. The number of hydrogen-bond acceptors (Lipinski definition) is 1. The third-order valence-electron chi connectivity index (χ3n) is 1.78. The lowest BCUT2D eigenvalue weighted by atomic mass is 10.3. The Bertz CT molecular complexity index is 378. The zero-order chi connectivity index (χ0) is 9.10. The van der Waals surface area contributed by atoms with E-state index in [0.29, 0.717) is 0 Å². The molecule has 0 fully saturated rings. The summed E-state index contributed by atoms with van der Waals surface area (Å²) in [5.41, 5.74) is 0. The number of nitrogens with zero attached hydrogens (tertiary/aromatic N) is 1. The highest BCUT2D eigenvalue weighted by Gasteiger charge is 1.95. The zero-order valence-corrected chi connectivity index (χ0v) is 7.47. The molecule has 0 spiro atoms. The van der Waals surface area contributed by atoms with Crippen molar-refractivity contribution in [2.45, 2.75) is 0 Å². The first kappa shape index (κ1) is 7.92. The highest BCUT2D eigenvalue weighted by atomic mass is 16.5. The van der Waals surface area contributed by atoms with Crippen LogP contribution >= 0.6 is 0 Å². The van der Waals surface area contributed by atoms with Crippen LogP contribution < -0.4 is 4.74 Å². The SMILES string of the molecule is Cn1ccc(Oc2ccccc2)c1. The Morgan fingerprint density at radius 2 is 1.77 bits per heavy atom. The Balaban J connectivity index is 2.15. The van der Waals surface area contributed by atoms with E-state index >= 15 is 0 Å². The maximum atomic E-state index is 5.58. The average Bonchev–Trinajstić information content (AvgIpc) is 2.53. The number of para-hydroxylation sites is 1. The van der Waals surface area contributed by atoms with Gasteiger partial charge in [-0.3, -0.25) is 0 Å². The molecule has 0 saturated carbocycles. The summed E-state index contributed by atoms with van der Waals surface area (Å²) in [6, 6.07) is 11.7. The van der Waals surface area contributed by atoms with E-state index in [-0.39, 0.29) is 0 Å². The van der Waals surface area contributed by atoms with E-state index in [1.54, 1.807) is 0 Å². The molecule has 2 aromatic rings. The first-order valence-electron chi connectivity index (χ1n) is 4.19. The van der Waals surface area contributed by atoms with Crippen molar-refractivity contribution < 1.29 is 4.74 Å². The van der Waals surface area contributed by atoms with Crippen molar-refractivity contribution in [3.05, 3.63) is 48.8 Å². The largest absolute Gasteiger partial charge is 0.456 e. The molecule has 1 aromatic carbocycles. The van der Waals surface area contributed by atoms with Crippen LogP contribution in [0.1, 0.15) is 0 Å². The Morgan fingerprint density at radius 3 is 2.38 bits per heavy atom. The van der Waals surface area contributed by atoms with E-state index in [9.17, 15) is 0 Å². The number of ether oxygens (including phenoxy) is 1. The summed E-state index contributed by atoms with van der Waals surface area (Å²) in [5, 5.41) is 0. The molecule has 2 heteroatoms. The molecule has 1 aromatic heterocycles. The summed E-state index contributed by atoms with van der Waals surface area (Å²) < 4.78 is 7.53. The molecule has 0 saturated heterocycles. The second kappa shape index (κ2) is 3.35. The molecule has 2 nitrogen and oxygen atoms in total. The normalized spacial score (nSPS) is 9.92. The summed E-state index contributed by atoms with van der Waals surface area (Å²) in [6.45, 7) is 0. The molecule has 0 amide bonds. The molecule has 0 aliphatic carbocycles. The third kappa shape index (κ3) is 1.90. The van der Waals surface area contributed by atoms with Gasteiger partial charge in [-0.25, -0.2) is 0 Å². The van der Waals surface area contributed by atoms with Crippen LogP contribution in [0.15, 0.2) is 48.8 Å². The topological polar surface area (TPSA) is 14.2 Å². The zero-order valence-electron chi connectivity index (χ0n) is 7.47. The van der Waals surface area contributed by atoms with Gasteiger partial charge in [-0.1, -0.05) is 18.2 Å². The molecular weight excluding hydrogens is 162 g/mol. The Morgan fingerprint density at radius 1 is 1.00 bits per heavy atom. The smallest absolute Gasteiger partial charge is 0.145 e. The standard InChI is InChI=1S/C11H11NO/c1-12-8-7-11(9-12)13-10-5-3-2-4-6-10/h2-9H,1H3. The molecular formula is C11H11NO. The molecule has 13 heavy (non-hydrogen) atoms. The minimum atomic E-state index is 0.869. The predicted octanol–water partition coefficient (Wildman–Crippen LogP) is 2.82. The maximum absolute atomic E-state index is 5.58. The molecule has 0 unspecified atom stereocenters. The van der Waals surface area contributed by atoms with Gasteiger partial charge in [0.1, 0.15) is 11.5 Å². The van der Waals surface area contributed by atoms with Gasteiger partial charge in [-0.15, -0.1) is 0 Å². The van der Waals surface area contributed by atoms with Crippen molar-refractivity contribution in [3.8, 4) is 11.5 Å². The van der Waals surface area contributed by atoms with Crippen LogP contribution in [-0.2, 0) is 7.05 Å². The third-order valence-corrected chi connectivity index (χ3v) is 1.78. The average molecular weight is 173 g/mol. The van der Waals surface area contributed by atoms with Crippen molar-refractivity contribution in [1.82, 2.24) is 4.57 Å². The lowest BCUT2D eigenvalue weighted by Crippen LogP contribution is -1.81. The van der Waals surface area contributed by atoms with Crippen molar-refractivity contribution in [1.29, 1.82) is 0 Å². The van der Waals surface area contributed by atoms with Crippen LogP contribution in [0.5, 0.6) is 11.5 Å². The highest BCUT2D eigenvalue weighted by molar-refractivity contribution is 5.28. The van der Waals surface area contributed by atoms with Crippen molar-refractivity contribution >= 4 is 0 Å². The highest BCUT2D eigenvalue weighted by Crippen LogP contribution is 2.20. The Labute approximate surface area is 77.4 Å². The molecule has 0 aliphatic rings. The van der Waals surface area contributed by atoms with Gasteiger partial charge in [-0.05, 0) is 18.2 Å². The van der Waals surface area contributed by atoms with Gasteiger partial charge in [0.15, 0.2) is 0 Å².